The van der Waals surface area contributed by atoms with Gasteiger partial charge in [-0.05, 0) is 35.0 Å². The number of hydrogen-bond acceptors (Lipinski definition) is 5. The van der Waals surface area contributed by atoms with E-state index in [4.69, 9.17) is 4.74 Å². The first kappa shape index (κ1) is 16.7. The van der Waals surface area contributed by atoms with E-state index in [-0.39, 0.29) is 19.1 Å². The van der Waals surface area contributed by atoms with Crippen LogP contribution in [0.1, 0.15) is 5.69 Å². The molecule has 27 heavy (non-hydrogen) atoms. The molecule has 0 aliphatic rings. The van der Waals surface area contributed by atoms with Gasteiger partial charge >= 0.3 is 0 Å². The molecule has 2 aromatic heterocycles. The maximum Gasteiger partial charge on any atom is 0.258 e. The number of rotatable bonds is 6. The van der Waals surface area contributed by atoms with E-state index in [1.807, 2.05) is 54.6 Å². The van der Waals surface area contributed by atoms with Gasteiger partial charge in [-0.15, -0.1) is 5.10 Å². The summed E-state index contributed by atoms with van der Waals surface area (Å²) >= 11 is 0. The summed E-state index contributed by atoms with van der Waals surface area (Å²) in [5.41, 5.74) is 1.51. The molecule has 0 bridgehead atoms. The molecule has 0 fully saturated rings. The monoisotopic (exact) mass is 359 g/mol. The number of aromatic nitrogens is 4. The van der Waals surface area contributed by atoms with Crippen LogP contribution in [-0.4, -0.2) is 32.5 Å². The topological polar surface area (TPSA) is 81.9 Å². The number of pyridine rings is 1. The van der Waals surface area contributed by atoms with Gasteiger partial charge in [-0.3, -0.25) is 9.78 Å². The van der Waals surface area contributed by atoms with Crippen LogP contribution in [0.4, 0.5) is 0 Å². The molecule has 4 rings (SSSR count). The zero-order valence-electron chi connectivity index (χ0n) is 14.4. The number of benzene rings is 2. The lowest BCUT2D eigenvalue weighted by Gasteiger charge is -2.07. The Morgan fingerprint density at radius 2 is 1.85 bits per heavy atom. The van der Waals surface area contributed by atoms with Crippen LogP contribution < -0.4 is 10.1 Å². The molecule has 0 saturated heterocycles. The van der Waals surface area contributed by atoms with E-state index < -0.39 is 0 Å². The summed E-state index contributed by atoms with van der Waals surface area (Å²) in [5.74, 6) is 0.439. The van der Waals surface area contributed by atoms with Crippen molar-refractivity contribution in [3.8, 4) is 11.4 Å². The Morgan fingerprint density at radius 1 is 1.04 bits per heavy atom. The van der Waals surface area contributed by atoms with E-state index >= 15 is 0 Å². The Hall–Kier alpha value is -3.74. The zero-order valence-corrected chi connectivity index (χ0v) is 14.4. The van der Waals surface area contributed by atoms with Crippen molar-refractivity contribution in [2.75, 3.05) is 6.61 Å². The third-order valence-electron chi connectivity index (χ3n) is 4.03. The molecule has 1 N–H and O–H groups in total. The van der Waals surface area contributed by atoms with E-state index in [2.05, 4.69) is 20.6 Å². The van der Waals surface area contributed by atoms with Gasteiger partial charge in [0.2, 0.25) is 0 Å². The highest BCUT2D eigenvalue weighted by Gasteiger charge is 2.07. The smallest absolute Gasteiger partial charge is 0.258 e. The highest BCUT2D eigenvalue weighted by Crippen LogP contribution is 2.20. The van der Waals surface area contributed by atoms with Gasteiger partial charge in [-0.1, -0.05) is 35.5 Å². The first-order valence-electron chi connectivity index (χ1n) is 8.48. The van der Waals surface area contributed by atoms with Gasteiger partial charge in [0.15, 0.2) is 6.61 Å². The predicted octanol–water partition coefficient (Wildman–Crippen LogP) is 2.51. The van der Waals surface area contributed by atoms with Crippen LogP contribution in [0.25, 0.3) is 16.5 Å². The van der Waals surface area contributed by atoms with Crippen molar-refractivity contribution in [1.82, 2.24) is 25.3 Å². The van der Waals surface area contributed by atoms with Gasteiger partial charge in [0.05, 0.1) is 18.4 Å². The first-order chi connectivity index (χ1) is 13.3. The molecule has 2 heterocycles. The summed E-state index contributed by atoms with van der Waals surface area (Å²) in [6, 6.07) is 17.4. The molecule has 7 nitrogen and oxygen atoms in total. The van der Waals surface area contributed by atoms with Gasteiger partial charge in [0, 0.05) is 12.4 Å². The first-order valence-corrected chi connectivity index (χ1v) is 8.48. The number of carbonyl (C=O) groups is 1. The number of nitrogens with one attached hydrogen (secondary N) is 1. The van der Waals surface area contributed by atoms with Crippen LogP contribution >= 0.6 is 0 Å². The molecule has 7 heteroatoms. The Morgan fingerprint density at radius 3 is 2.70 bits per heavy atom. The second-order valence-corrected chi connectivity index (χ2v) is 5.93. The van der Waals surface area contributed by atoms with E-state index in [9.17, 15) is 4.79 Å². The standard InChI is InChI=1S/C20H17N5O2/c26-20(14-27-19-6-5-15-3-1-2-4-16(15)11-19)22-12-17-13-25(24-23-17)18-7-9-21-10-8-18/h1-11,13H,12,14H2,(H,22,26). The fourth-order valence-corrected chi connectivity index (χ4v) is 2.65. The molecular weight excluding hydrogens is 342 g/mol. The second kappa shape index (κ2) is 7.65. The molecule has 0 aliphatic heterocycles. The number of nitrogens with zero attached hydrogens (tertiary/aromatic N) is 4. The van der Waals surface area contributed by atoms with Gasteiger partial charge in [0.1, 0.15) is 11.4 Å². The van der Waals surface area contributed by atoms with Crippen LogP contribution in [-0.2, 0) is 11.3 Å². The lowest BCUT2D eigenvalue weighted by atomic mass is 10.1. The van der Waals surface area contributed by atoms with Crippen molar-refractivity contribution in [1.29, 1.82) is 0 Å². The molecule has 0 unspecified atom stereocenters. The molecule has 0 atom stereocenters. The number of carbonyl (C=O) groups excluding carboxylic acids is 1. The molecular formula is C20H17N5O2. The van der Waals surface area contributed by atoms with Crippen LogP contribution in [0.15, 0.2) is 73.2 Å². The SMILES string of the molecule is O=C(COc1ccc2ccccc2c1)NCc1cn(-c2ccncc2)nn1. The van der Waals surface area contributed by atoms with Crippen LogP contribution in [0.2, 0.25) is 0 Å². The maximum atomic E-state index is 12.0. The number of hydrogen-bond donors (Lipinski definition) is 1. The van der Waals surface area contributed by atoms with Crippen molar-refractivity contribution in [3.05, 3.63) is 78.9 Å². The largest absolute Gasteiger partial charge is 0.484 e. The van der Waals surface area contributed by atoms with Crippen LogP contribution in [0, 0.1) is 0 Å². The van der Waals surface area contributed by atoms with E-state index in [0.717, 1.165) is 16.5 Å². The highest BCUT2D eigenvalue weighted by atomic mass is 16.5. The van der Waals surface area contributed by atoms with Crippen LogP contribution in [0.5, 0.6) is 5.75 Å². The maximum absolute atomic E-state index is 12.0. The Kier molecular flexibility index (Phi) is 4.74. The van der Waals surface area contributed by atoms with Crippen molar-refractivity contribution < 1.29 is 9.53 Å². The summed E-state index contributed by atoms with van der Waals surface area (Å²) < 4.78 is 7.21. The Balaban J connectivity index is 1.30. The summed E-state index contributed by atoms with van der Waals surface area (Å²) in [7, 11) is 0. The summed E-state index contributed by atoms with van der Waals surface area (Å²) in [6.07, 6.45) is 5.13. The minimum atomic E-state index is -0.221. The normalized spacial score (nSPS) is 10.7. The van der Waals surface area contributed by atoms with Gasteiger partial charge in [-0.25, -0.2) is 4.68 Å². The van der Waals surface area contributed by atoms with Crippen molar-refractivity contribution in [2.24, 2.45) is 0 Å². The third kappa shape index (κ3) is 4.09. The van der Waals surface area contributed by atoms with Crippen molar-refractivity contribution >= 4 is 16.7 Å². The number of ether oxygens (including phenoxy) is 1. The highest BCUT2D eigenvalue weighted by molar-refractivity contribution is 5.84. The minimum Gasteiger partial charge on any atom is -0.484 e. The number of amides is 1. The quantitative estimate of drug-likeness (QED) is 0.572. The Bertz CT molecular complexity index is 1060. The summed E-state index contributed by atoms with van der Waals surface area (Å²) in [6.45, 7) is 0.224. The van der Waals surface area contributed by atoms with Crippen molar-refractivity contribution in [2.45, 2.75) is 6.54 Å². The lowest BCUT2D eigenvalue weighted by molar-refractivity contribution is -0.123. The number of fused-ring (bicyclic) bond motifs is 1. The Labute approximate surface area is 155 Å². The summed E-state index contributed by atoms with van der Waals surface area (Å²) in [4.78, 5) is 16.0. The summed E-state index contributed by atoms with van der Waals surface area (Å²) in [5, 5.41) is 13.1. The molecule has 0 spiro atoms. The second-order valence-electron chi connectivity index (χ2n) is 5.93. The molecule has 0 saturated carbocycles. The average molecular weight is 359 g/mol. The van der Waals surface area contributed by atoms with E-state index in [1.54, 1.807) is 23.3 Å². The zero-order chi connectivity index (χ0) is 18.5. The van der Waals surface area contributed by atoms with E-state index in [1.165, 1.54) is 0 Å². The van der Waals surface area contributed by atoms with E-state index in [0.29, 0.717) is 11.4 Å². The molecule has 4 aromatic rings. The van der Waals surface area contributed by atoms with Gasteiger partial charge in [-0.2, -0.15) is 0 Å². The fourth-order valence-electron chi connectivity index (χ4n) is 2.65. The molecule has 2 aromatic carbocycles. The van der Waals surface area contributed by atoms with Gasteiger partial charge in [0.25, 0.3) is 5.91 Å². The van der Waals surface area contributed by atoms with Crippen molar-refractivity contribution in [3.63, 3.8) is 0 Å². The molecule has 1 amide bonds. The predicted molar refractivity (Wildman–Crippen MR) is 100 cm³/mol. The fraction of sp³-hybridized carbons (Fsp3) is 0.100. The molecule has 0 radical (unpaired) electrons. The lowest BCUT2D eigenvalue weighted by Crippen LogP contribution is -2.28. The van der Waals surface area contributed by atoms with Gasteiger partial charge < -0.3 is 10.1 Å². The average Bonchev–Trinajstić information content (AvgIpc) is 3.20. The van der Waals surface area contributed by atoms with Crippen LogP contribution in [0.3, 0.4) is 0 Å². The molecule has 134 valence electrons. The minimum absolute atomic E-state index is 0.0587. The third-order valence-corrected chi connectivity index (χ3v) is 4.03. The molecule has 0 aliphatic carbocycles.